The predicted octanol–water partition coefficient (Wildman–Crippen LogP) is 4.11. The minimum absolute atomic E-state index is 0.00636. The third-order valence-corrected chi connectivity index (χ3v) is 4.25. The van der Waals surface area contributed by atoms with Gasteiger partial charge in [-0.05, 0) is 62.3 Å². The zero-order valence-corrected chi connectivity index (χ0v) is 14.6. The Morgan fingerprint density at radius 2 is 2.00 bits per heavy atom. The van der Waals surface area contributed by atoms with Crippen molar-refractivity contribution in [1.29, 1.82) is 0 Å². The molecule has 1 aromatic carbocycles. The molecule has 1 saturated carbocycles. The summed E-state index contributed by atoms with van der Waals surface area (Å²) in [5, 5.41) is 7.10. The Labute approximate surface area is 143 Å². The molecule has 0 radical (unpaired) electrons. The molecule has 0 heterocycles. The van der Waals surface area contributed by atoms with Gasteiger partial charge in [0.2, 0.25) is 5.91 Å². The first-order valence-corrected chi connectivity index (χ1v) is 8.84. The van der Waals surface area contributed by atoms with E-state index in [-0.39, 0.29) is 11.8 Å². The van der Waals surface area contributed by atoms with E-state index in [1.165, 1.54) is 6.42 Å². The maximum Gasteiger partial charge on any atom is 0.271 e. The molecule has 1 aliphatic rings. The van der Waals surface area contributed by atoms with Crippen LogP contribution < -0.4 is 10.7 Å². The maximum atomic E-state index is 12.1. The summed E-state index contributed by atoms with van der Waals surface area (Å²) in [4.78, 5) is 23.8. The van der Waals surface area contributed by atoms with E-state index in [0.717, 1.165) is 37.8 Å². The highest BCUT2D eigenvalue weighted by atomic mass is 16.2. The minimum atomic E-state index is -0.218. The van der Waals surface area contributed by atoms with E-state index >= 15 is 0 Å². The van der Waals surface area contributed by atoms with Crippen molar-refractivity contribution in [2.75, 3.05) is 5.32 Å². The Morgan fingerprint density at radius 3 is 2.67 bits per heavy atom. The van der Waals surface area contributed by atoms with Crippen LogP contribution in [0.2, 0.25) is 0 Å². The molecule has 1 fully saturated rings. The first kappa shape index (κ1) is 18.2. The van der Waals surface area contributed by atoms with E-state index in [2.05, 4.69) is 29.7 Å². The zero-order valence-electron chi connectivity index (χ0n) is 14.6. The molecule has 0 aromatic heterocycles. The lowest BCUT2D eigenvalue weighted by Crippen LogP contribution is -2.22. The Balaban J connectivity index is 1.86. The number of benzene rings is 1. The average Bonchev–Trinajstić information content (AvgIpc) is 2.58. The van der Waals surface area contributed by atoms with Gasteiger partial charge in [0.05, 0.1) is 0 Å². The fourth-order valence-corrected chi connectivity index (χ4v) is 2.82. The van der Waals surface area contributed by atoms with E-state index in [9.17, 15) is 9.59 Å². The van der Waals surface area contributed by atoms with E-state index in [4.69, 9.17) is 0 Å². The Kier molecular flexibility index (Phi) is 6.97. The standard InChI is InChI=1S/C19H27N3O2/c1-3-4-8-18(23)20-16-11-9-15(10-12-16)19(24)22-21-17-7-5-6-14(2)13-17/h9-12,14H,3-8,13H2,1-2H3,(H,20,23)(H,22,24). The van der Waals surface area contributed by atoms with Crippen LogP contribution in [0.15, 0.2) is 29.4 Å². The number of nitrogens with zero attached hydrogens (tertiary/aromatic N) is 1. The van der Waals surface area contributed by atoms with Gasteiger partial charge >= 0.3 is 0 Å². The van der Waals surface area contributed by atoms with E-state index in [1.807, 2.05) is 0 Å². The zero-order chi connectivity index (χ0) is 17.4. The highest BCUT2D eigenvalue weighted by Crippen LogP contribution is 2.21. The van der Waals surface area contributed by atoms with Gasteiger partial charge in [-0.15, -0.1) is 0 Å². The summed E-state index contributed by atoms with van der Waals surface area (Å²) in [5.41, 5.74) is 4.96. The van der Waals surface area contributed by atoms with E-state index in [1.54, 1.807) is 24.3 Å². The molecule has 130 valence electrons. The van der Waals surface area contributed by atoms with Gasteiger partial charge in [0.15, 0.2) is 0 Å². The summed E-state index contributed by atoms with van der Waals surface area (Å²) < 4.78 is 0. The van der Waals surface area contributed by atoms with Crippen molar-refractivity contribution in [3.8, 4) is 0 Å². The van der Waals surface area contributed by atoms with Crippen LogP contribution >= 0.6 is 0 Å². The van der Waals surface area contributed by atoms with Crippen molar-refractivity contribution >= 4 is 23.2 Å². The summed E-state index contributed by atoms with van der Waals surface area (Å²) >= 11 is 0. The first-order chi connectivity index (χ1) is 11.6. The molecule has 1 atom stereocenters. The number of amides is 2. The lowest BCUT2D eigenvalue weighted by Gasteiger charge is -2.18. The minimum Gasteiger partial charge on any atom is -0.326 e. The van der Waals surface area contributed by atoms with Crippen molar-refractivity contribution in [2.24, 2.45) is 11.0 Å². The monoisotopic (exact) mass is 329 g/mol. The molecule has 2 amide bonds. The number of unbranched alkanes of at least 4 members (excludes halogenated alkanes) is 1. The van der Waals surface area contributed by atoms with Crippen LogP contribution in [0.5, 0.6) is 0 Å². The van der Waals surface area contributed by atoms with Crippen molar-refractivity contribution in [3.05, 3.63) is 29.8 Å². The normalized spacial score (nSPS) is 19.1. The van der Waals surface area contributed by atoms with Crippen LogP contribution in [0.25, 0.3) is 0 Å². The molecule has 24 heavy (non-hydrogen) atoms. The number of anilines is 1. The molecular weight excluding hydrogens is 302 g/mol. The van der Waals surface area contributed by atoms with E-state index in [0.29, 0.717) is 23.6 Å². The lowest BCUT2D eigenvalue weighted by atomic mass is 9.89. The molecule has 1 unspecified atom stereocenters. The molecule has 2 rings (SSSR count). The highest BCUT2D eigenvalue weighted by Gasteiger charge is 2.14. The molecule has 0 aliphatic heterocycles. The second-order valence-electron chi connectivity index (χ2n) is 6.55. The number of hydrogen-bond donors (Lipinski definition) is 2. The number of carbonyl (C=O) groups excluding carboxylic acids is 2. The summed E-state index contributed by atoms with van der Waals surface area (Å²) in [6, 6.07) is 6.89. The highest BCUT2D eigenvalue weighted by molar-refractivity contribution is 5.96. The van der Waals surface area contributed by atoms with Gasteiger partial charge in [-0.3, -0.25) is 9.59 Å². The molecule has 0 saturated heterocycles. The summed E-state index contributed by atoms with van der Waals surface area (Å²) in [6.07, 6.45) is 6.70. The Morgan fingerprint density at radius 1 is 1.25 bits per heavy atom. The fraction of sp³-hybridized carbons (Fsp3) is 0.526. The van der Waals surface area contributed by atoms with Gasteiger partial charge in [-0.1, -0.05) is 20.3 Å². The molecule has 5 nitrogen and oxygen atoms in total. The molecule has 5 heteroatoms. The van der Waals surface area contributed by atoms with Crippen LogP contribution in [-0.4, -0.2) is 17.5 Å². The van der Waals surface area contributed by atoms with Gasteiger partial charge in [0, 0.05) is 23.4 Å². The Bertz CT molecular complexity index is 593. The molecular formula is C19H27N3O2. The molecule has 1 aromatic rings. The number of hydrazone groups is 1. The van der Waals surface area contributed by atoms with Crippen LogP contribution in [0.4, 0.5) is 5.69 Å². The molecule has 1 aliphatic carbocycles. The van der Waals surface area contributed by atoms with Gasteiger partial charge in [0.25, 0.3) is 5.91 Å². The number of rotatable bonds is 6. The first-order valence-electron chi connectivity index (χ1n) is 8.84. The number of hydrogen-bond acceptors (Lipinski definition) is 3. The summed E-state index contributed by atoms with van der Waals surface area (Å²) in [7, 11) is 0. The number of carbonyl (C=O) groups is 2. The quantitative estimate of drug-likeness (QED) is 0.771. The Hall–Kier alpha value is -2.17. The van der Waals surface area contributed by atoms with Crippen LogP contribution in [0.1, 0.15) is 69.2 Å². The summed E-state index contributed by atoms with van der Waals surface area (Å²) in [6.45, 7) is 4.27. The van der Waals surface area contributed by atoms with Crippen LogP contribution in [-0.2, 0) is 4.79 Å². The van der Waals surface area contributed by atoms with Crippen LogP contribution in [0.3, 0.4) is 0 Å². The fourth-order valence-electron chi connectivity index (χ4n) is 2.82. The maximum absolute atomic E-state index is 12.1. The van der Waals surface area contributed by atoms with Gasteiger partial charge < -0.3 is 5.32 Å². The third-order valence-electron chi connectivity index (χ3n) is 4.25. The lowest BCUT2D eigenvalue weighted by molar-refractivity contribution is -0.116. The second-order valence-corrected chi connectivity index (χ2v) is 6.55. The number of nitrogens with one attached hydrogen (secondary N) is 2. The van der Waals surface area contributed by atoms with Gasteiger partial charge in [0.1, 0.15) is 0 Å². The average molecular weight is 329 g/mol. The van der Waals surface area contributed by atoms with Crippen molar-refractivity contribution in [3.63, 3.8) is 0 Å². The second kappa shape index (κ2) is 9.21. The van der Waals surface area contributed by atoms with Crippen molar-refractivity contribution < 1.29 is 9.59 Å². The molecule has 2 N–H and O–H groups in total. The largest absolute Gasteiger partial charge is 0.326 e. The molecule has 0 spiro atoms. The smallest absolute Gasteiger partial charge is 0.271 e. The summed E-state index contributed by atoms with van der Waals surface area (Å²) in [5.74, 6) is 0.432. The predicted molar refractivity (Wildman–Crippen MR) is 97.1 cm³/mol. The van der Waals surface area contributed by atoms with Crippen molar-refractivity contribution in [2.45, 2.75) is 58.8 Å². The SMILES string of the molecule is CCCCC(=O)Nc1ccc(C(=O)NN=C2CCCC(C)C2)cc1. The topological polar surface area (TPSA) is 70.6 Å². The van der Waals surface area contributed by atoms with Gasteiger partial charge in [-0.2, -0.15) is 5.10 Å². The van der Waals surface area contributed by atoms with Crippen molar-refractivity contribution in [1.82, 2.24) is 5.43 Å². The molecule has 0 bridgehead atoms. The van der Waals surface area contributed by atoms with Crippen LogP contribution in [0, 0.1) is 5.92 Å². The third kappa shape index (κ3) is 5.80. The van der Waals surface area contributed by atoms with E-state index < -0.39 is 0 Å². The van der Waals surface area contributed by atoms with Gasteiger partial charge in [-0.25, -0.2) is 5.43 Å².